The zero-order chi connectivity index (χ0) is 19.1. The summed E-state index contributed by atoms with van der Waals surface area (Å²) in [5, 5.41) is 17.2. The van der Waals surface area contributed by atoms with Crippen LogP contribution in [0.4, 0.5) is 0 Å². The second-order valence-electron chi connectivity index (χ2n) is 6.75. The predicted molar refractivity (Wildman–Crippen MR) is 107 cm³/mol. The van der Waals surface area contributed by atoms with Crippen LogP contribution in [0.15, 0.2) is 23.3 Å². The number of carboxylic acid groups (broad SMARTS) is 1. The van der Waals surface area contributed by atoms with E-state index in [4.69, 9.17) is 22.1 Å². The molecule has 0 aliphatic heterocycles. The first kappa shape index (κ1) is 20.2. The van der Waals surface area contributed by atoms with Gasteiger partial charge in [0.05, 0.1) is 19.2 Å². The number of hydrazone groups is 1. The van der Waals surface area contributed by atoms with Crippen LogP contribution in [0.3, 0.4) is 0 Å². The summed E-state index contributed by atoms with van der Waals surface area (Å²) in [4.78, 5) is 11.0. The molecule has 2 rings (SSSR count). The maximum absolute atomic E-state index is 11.0. The van der Waals surface area contributed by atoms with Crippen molar-refractivity contribution >= 4 is 29.0 Å². The van der Waals surface area contributed by atoms with E-state index in [-0.39, 0.29) is 6.42 Å². The van der Waals surface area contributed by atoms with Crippen molar-refractivity contribution in [3.05, 3.63) is 29.3 Å². The molecule has 7 heteroatoms. The van der Waals surface area contributed by atoms with E-state index in [9.17, 15) is 4.79 Å². The lowest BCUT2D eigenvalue weighted by Gasteiger charge is -2.30. The lowest BCUT2D eigenvalue weighted by atomic mass is 9.86. The monoisotopic (exact) mass is 377 g/mol. The third-order valence-corrected chi connectivity index (χ3v) is 5.00. The Morgan fingerprint density at radius 3 is 2.77 bits per heavy atom. The number of carboxylic acids is 1. The van der Waals surface area contributed by atoms with E-state index in [0.29, 0.717) is 28.4 Å². The third kappa shape index (κ3) is 5.69. The Balaban J connectivity index is 2.01. The third-order valence-electron chi connectivity index (χ3n) is 4.79. The van der Waals surface area contributed by atoms with E-state index in [1.807, 2.05) is 13.0 Å². The van der Waals surface area contributed by atoms with Gasteiger partial charge >= 0.3 is 5.97 Å². The molecule has 3 N–H and O–H groups in total. The number of nitrogens with one attached hydrogen (secondary N) is 2. The highest BCUT2D eigenvalue weighted by Gasteiger charge is 2.21. The smallest absolute Gasteiger partial charge is 0.307 e. The van der Waals surface area contributed by atoms with Gasteiger partial charge in [-0.15, -0.1) is 0 Å². The Bertz CT molecular complexity index is 691. The molecule has 0 saturated heterocycles. The molecule has 0 unspecified atom stereocenters. The zero-order valence-corrected chi connectivity index (χ0v) is 16.4. The molecule has 0 bridgehead atoms. The molecule has 1 saturated carbocycles. The van der Waals surface area contributed by atoms with Crippen LogP contribution in [0.2, 0.25) is 0 Å². The van der Waals surface area contributed by atoms with Gasteiger partial charge in [0.15, 0.2) is 5.11 Å². The highest BCUT2D eigenvalue weighted by Crippen LogP contribution is 2.23. The molecule has 26 heavy (non-hydrogen) atoms. The fourth-order valence-electron chi connectivity index (χ4n) is 3.24. The molecule has 0 heterocycles. The minimum absolute atomic E-state index is 0.0999. The van der Waals surface area contributed by atoms with Gasteiger partial charge in [-0.1, -0.05) is 19.8 Å². The van der Waals surface area contributed by atoms with Gasteiger partial charge in [0.25, 0.3) is 0 Å². The molecule has 2 atom stereocenters. The number of hydrogen-bond donors (Lipinski definition) is 3. The van der Waals surface area contributed by atoms with Crippen LogP contribution >= 0.6 is 12.2 Å². The normalized spacial score (nSPS) is 20.3. The average molecular weight is 378 g/mol. The largest absolute Gasteiger partial charge is 0.496 e. The number of carbonyl (C=O) groups is 1. The van der Waals surface area contributed by atoms with Crippen LogP contribution in [-0.2, 0) is 11.2 Å². The van der Waals surface area contributed by atoms with Crippen molar-refractivity contribution in [2.45, 2.75) is 52.0 Å². The zero-order valence-electron chi connectivity index (χ0n) is 15.5. The fourth-order valence-corrected chi connectivity index (χ4v) is 3.43. The Kier molecular flexibility index (Phi) is 7.38. The molecular weight excluding hydrogens is 350 g/mol. The summed E-state index contributed by atoms with van der Waals surface area (Å²) in [6, 6.07) is 5.78. The van der Waals surface area contributed by atoms with E-state index in [1.54, 1.807) is 12.1 Å². The van der Waals surface area contributed by atoms with Crippen molar-refractivity contribution in [1.29, 1.82) is 0 Å². The Labute approximate surface area is 160 Å². The van der Waals surface area contributed by atoms with Crippen LogP contribution in [0.25, 0.3) is 0 Å². The maximum atomic E-state index is 11.0. The topological polar surface area (TPSA) is 83.0 Å². The highest BCUT2D eigenvalue weighted by atomic mass is 32.1. The average Bonchev–Trinajstić information content (AvgIpc) is 2.61. The van der Waals surface area contributed by atoms with Gasteiger partial charge in [-0.05, 0) is 61.7 Å². The van der Waals surface area contributed by atoms with Crippen molar-refractivity contribution in [2.24, 2.45) is 11.0 Å². The molecule has 1 aliphatic carbocycles. The van der Waals surface area contributed by atoms with Crippen LogP contribution < -0.4 is 15.5 Å². The highest BCUT2D eigenvalue weighted by molar-refractivity contribution is 7.80. The Morgan fingerprint density at radius 1 is 1.38 bits per heavy atom. The molecule has 0 amide bonds. The molecule has 0 radical (unpaired) electrons. The molecular formula is C19H27N3O3S. The SMILES string of the molecule is COc1ccc(/C(C)=N\NC(=S)N[C@@H]2CCCC[C@H]2C)cc1CC(=O)O. The van der Waals surface area contributed by atoms with Crippen molar-refractivity contribution in [2.75, 3.05) is 7.11 Å². The second-order valence-corrected chi connectivity index (χ2v) is 7.16. The molecule has 1 aliphatic rings. The van der Waals surface area contributed by atoms with Gasteiger partial charge in [0.1, 0.15) is 5.75 Å². The lowest BCUT2D eigenvalue weighted by Crippen LogP contribution is -2.44. The summed E-state index contributed by atoms with van der Waals surface area (Å²) in [6.07, 6.45) is 4.76. The number of nitrogens with zero attached hydrogens (tertiary/aromatic N) is 1. The van der Waals surface area contributed by atoms with Crippen LogP contribution in [0.5, 0.6) is 5.75 Å². The summed E-state index contributed by atoms with van der Waals surface area (Å²) < 4.78 is 5.22. The van der Waals surface area contributed by atoms with E-state index in [0.717, 1.165) is 17.7 Å². The summed E-state index contributed by atoms with van der Waals surface area (Å²) >= 11 is 5.35. The lowest BCUT2D eigenvalue weighted by molar-refractivity contribution is -0.136. The van der Waals surface area contributed by atoms with Crippen molar-refractivity contribution in [3.63, 3.8) is 0 Å². The minimum atomic E-state index is -0.903. The first-order valence-corrected chi connectivity index (χ1v) is 9.31. The van der Waals surface area contributed by atoms with E-state index in [2.05, 4.69) is 22.8 Å². The Morgan fingerprint density at radius 2 is 2.12 bits per heavy atom. The van der Waals surface area contributed by atoms with Crippen molar-refractivity contribution < 1.29 is 14.6 Å². The second kappa shape index (κ2) is 9.52. The summed E-state index contributed by atoms with van der Waals surface area (Å²) in [5.74, 6) is 0.259. The number of methoxy groups -OCH3 is 1. The number of ether oxygens (including phenoxy) is 1. The van der Waals surface area contributed by atoms with Crippen LogP contribution in [0.1, 0.15) is 50.7 Å². The summed E-state index contributed by atoms with van der Waals surface area (Å²) in [6.45, 7) is 4.10. The number of aliphatic carboxylic acids is 1. The first-order valence-electron chi connectivity index (χ1n) is 8.90. The van der Waals surface area contributed by atoms with Crippen LogP contribution in [-0.4, -0.2) is 35.1 Å². The number of thiocarbonyl (C=S) groups is 1. The number of benzene rings is 1. The van der Waals surface area contributed by atoms with E-state index in [1.165, 1.54) is 26.4 Å². The molecule has 1 aromatic rings. The molecule has 0 spiro atoms. The number of hydrogen-bond acceptors (Lipinski definition) is 4. The van der Waals surface area contributed by atoms with Crippen LogP contribution in [0, 0.1) is 5.92 Å². The molecule has 0 aromatic heterocycles. The van der Waals surface area contributed by atoms with Gasteiger partial charge in [-0.3, -0.25) is 10.2 Å². The molecule has 6 nitrogen and oxygen atoms in total. The first-order chi connectivity index (χ1) is 12.4. The Hall–Kier alpha value is -2.15. The maximum Gasteiger partial charge on any atom is 0.307 e. The molecule has 142 valence electrons. The molecule has 1 fully saturated rings. The number of rotatable bonds is 6. The van der Waals surface area contributed by atoms with E-state index < -0.39 is 5.97 Å². The van der Waals surface area contributed by atoms with Gasteiger partial charge in [-0.2, -0.15) is 5.10 Å². The molecule has 1 aromatic carbocycles. The minimum Gasteiger partial charge on any atom is -0.496 e. The quantitative estimate of drug-likeness (QED) is 0.401. The van der Waals surface area contributed by atoms with E-state index >= 15 is 0 Å². The standard InChI is InChI=1S/C19H27N3O3S/c1-12-6-4-5-7-16(12)20-19(26)22-21-13(2)14-8-9-17(25-3)15(10-14)11-18(23)24/h8-10,12,16H,4-7,11H2,1-3H3,(H,23,24)(H2,20,22,26)/b21-13-/t12-,16-/m1/s1. The van der Waals surface area contributed by atoms with Crippen molar-refractivity contribution in [3.8, 4) is 5.75 Å². The van der Waals surface area contributed by atoms with Gasteiger partial charge in [-0.25, -0.2) is 0 Å². The predicted octanol–water partition coefficient (Wildman–Crippen LogP) is 3.09. The van der Waals surface area contributed by atoms with Gasteiger partial charge < -0.3 is 15.2 Å². The summed E-state index contributed by atoms with van der Waals surface area (Å²) in [5.41, 5.74) is 5.06. The van der Waals surface area contributed by atoms with Crippen molar-refractivity contribution in [1.82, 2.24) is 10.7 Å². The van der Waals surface area contributed by atoms with Gasteiger partial charge in [0, 0.05) is 11.6 Å². The van der Waals surface area contributed by atoms with Gasteiger partial charge in [0.2, 0.25) is 0 Å². The fraction of sp³-hybridized carbons (Fsp3) is 0.526. The summed E-state index contributed by atoms with van der Waals surface area (Å²) in [7, 11) is 1.53.